The van der Waals surface area contributed by atoms with Crippen LogP contribution in [0, 0.1) is 5.41 Å². The van der Waals surface area contributed by atoms with Gasteiger partial charge in [0.05, 0.1) is 6.10 Å². The van der Waals surface area contributed by atoms with Crippen LogP contribution in [-0.2, 0) is 4.74 Å². The molecular formula is C18H36N2O. The van der Waals surface area contributed by atoms with Crippen LogP contribution >= 0.6 is 0 Å². The van der Waals surface area contributed by atoms with Gasteiger partial charge < -0.3 is 10.1 Å². The van der Waals surface area contributed by atoms with Crippen LogP contribution in [0.4, 0.5) is 0 Å². The minimum Gasteiger partial charge on any atom is -0.378 e. The van der Waals surface area contributed by atoms with Crippen molar-refractivity contribution in [1.29, 1.82) is 0 Å². The maximum Gasteiger partial charge on any atom is 0.0661 e. The molecule has 1 N–H and O–H groups in total. The predicted molar refractivity (Wildman–Crippen MR) is 89.7 cm³/mol. The van der Waals surface area contributed by atoms with E-state index in [0.29, 0.717) is 29.6 Å². The molecule has 0 amide bonds. The summed E-state index contributed by atoms with van der Waals surface area (Å²) < 4.78 is 6.00. The number of nitrogens with one attached hydrogen (secondary N) is 1. The van der Waals surface area contributed by atoms with Gasteiger partial charge in [-0.25, -0.2) is 0 Å². The minimum atomic E-state index is 0.469. The first-order chi connectivity index (χ1) is 10.0. The van der Waals surface area contributed by atoms with E-state index in [9.17, 15) is 0 Å². The van der Waals surface area contributed by atoms with Crippen LogP contribution in [0.15, 0.2) is 0 Å². The molecule has 0 aliphatic heterocycles. The van der Waals surface area contributed by atoms with E-state index >= 15 is 0 Å². The Bertz CT molecular complexity index is 302. The summed E-state index contributed by atoms with van der Waals surface area (Å²) in [5.74, 6) is 0. The molecule has 3 nitrogen and oxygen atoms in total. The molecule has 2 unspecified atom stereocenters. The minimum absolute atomic E-state index is 0.469. The molecule has 2 atom stereocenters. The van der Waals surface area contributed by atoms with Crippen molar-refractivity contribution in [2.24, 2.45) is 5.41 Å². The zero-order valence-corrected chi connectivity index (χ0v) is 14.8. The van der Waals surface area contributed by atoms with Crippen molar-refractivity contribution in [2.75, 3.05) is 19.7 Å². The van der Waals surface area contributed by atoms with E-state index < -0.39 is 0 Å². The molecule has 2 rings (SSSR count). The lowest BCUT2D eigenvalue weighted by molar-refractivity contribution is -0.130. The van der Waals surface area contributed by atoms with Crippen LogP contribution in [0.2, 0.25) is 0 Å². The summed E-state index contributed by atoms with van der Waals surface area (Å²) in [5, 5.41) is 3.86. The van der Waals surface area contributed by atoms with E-state index in [2.05, 4.69) is 44.8 Å². The number of nitrogens with zero attached hydrogens (tertiary/aromatic N) is 1. The van der Waals surface area contributed by atoms with Gasteiger partial charge in [-0.15, -0.1) is 0 Å². The summed E-state index contributed by atoms with van der Waals surface area (Å²) in [7, 11) is 0. The summed E-state index contributed by atoms with van der Waals surface area (Å²) >= 11 is 0. The summed E-state index contributed by atoms with van der Waals surface area (Å²) in [5.41, 5.74) is 0.469. The van der Waals surface area contributed by atoms with Crippen molar-refractivity contribution in [1.82, 2.24) is 10.2 Å². The molecule has 2 saturated carbocycles. The molecule has 0 heterocycles. The second-order valence-electron chi connectivity index (χ2n) is 7.55. The Morgan fingerprint density at radius 3 is 2.29 bits per heavy atom. The van der Waals surface area contributed by atoms with E-state index in [0.717, 1.165) is 19.7 Å². The highest BCUT2D eigenvalue weighted by Gasteiger charge is 2.56. The average molecular weight is 296 g/mol. The first-order valence-electron chi connectivity index (χ1n) is 9.12. The van der Waals surface area contributed by atoms with Gasteiger partial charge >= 0.3 is 0 Å². The zero-order chi connectivity index (χ0) is 15.5. The number of hydrogen-bond acceptors (Lipinski definition) is 3. The van der Waals surface area contributed by atoms with Crippen LogP contribution in [0.3, 0.4) is 0 Å². The molecule has 0 aromatic rings. The Balaban J connectivity index is 1.81. The maximum absolute atomic E-state index is 6.00. The molecule has 3 heteroatoms. The third-order valence-corrected chi connectivity index (χ3v) is 5.77. The SMILES string of the molecule is CCOC1CC(NCCN(C(C)C)C(C)C)C12CCCC2. The molecule has 0 radical (unpaired) electrons. The standard InChI is InChI=1S/C18H36N2O/c1-6-21-17-13-16(18(17)9-7-8-10-18)19-11-12-20(14(2)3)15(4)5/h14-17,19H,6-13H2,1-5H3. The lowest BCUT2D eigenvalue weighted by atomic mass is 9.60. The average Bonchev–Trinajstić information content (AvgIpc) is 2.92. The summed E-state index contributed by atoms with van der Waals surface area (Å²) in [6, 6.07) is 1.95. The largest absolute Gasteiger partial charge is 0.378 e. The smallest absolute Gasteiger partial charge is 0.0661 e. The summed E-state index contributed by atoms with van der Waals surface area (Å²) in [4.78, 5) is 2.58. The highest BCUT2D eigenvalue weighted by atomic mass is 16.5. The lowest BCUT2D eigenvalue weighted by Crippen LogP contribution is -2.63. The fourth-order valence-corrected chi connectivity index (χ4v) is 4.65. The van der Waals surface area contributed by atoms with Gasteiger partial charge in [0, 0.05) is 43.2 Å². The van der Waals surface area contributed by atoms with Gasteiger partial charge in [0.1, 0.15) is 0 Å². The molecule has 0 aromatic carbocycles. The molecule has 1 spiro atoms. The Morgan fingerprint density at radius 2 is 1.76 bits per heavy atom. The van der Waals surface area contributed by atoms with Crippen molar-refractivity contribution >= 4 is 0 Å². The Hall–Kier alpha value is -0.120. The summed E-state index contributed by atoms with van der Waals surface area (Å²) in [6.07, 6.45) is 7.27. The van der Waals surface area contributed by atoms with E-state index in [1.807, 2.05) is 0 Å². The Labute approximate surface area is 131 Å². The first-order valence-corrected chi connectivity index (χ1v) is 9.12. The molecule has 0 bridgehead atoms. The monoisotopic (exact) mass is 296 g/mol. The normalized spacial score (nSPS) is 28.0. The molecular weight excluding hydrogens is 260 g/mol. The van der Waals surface area contributed by atoms with Gasteiger partial charge in [-0.1, -0.05) is 12.8 Å². The van der Waals surface area contributed by atoms with Gasteiger partial charge in [-0.2, -0.15) is 0 Å². The molecule has 0 saturated heterocycles. The third-order valence-electron chi connectivity index (χ3n) is 5.77. The van der Waals surface area contributed by atoms with Gasteiger partial charge in [-0.3, -0.25) is 4.90 Å². The van der Waals surface area contributed by atoms with Crippen molar-refractivity contribution < 1.29 is 4.74 Å². The van der Waals surface area contributed by atoms with Gasteiger partial charge in [0.25, 0.3) is 0 Å². The van der Waals surface area contributed by atoms with Crippen LogP contribution < -0.4 is 5.32 Å². The van der Waals surface area contributed by atoms with Crippen molar-refractivity contribution in [3.8, 4) is 0 Å². The van der Waals surface area contributed by atoms with Gasteiger partial charge in [-0.05, 0) is 53.9 Å². The number of rotatable bonds is 8. The van der Waals surface area contributed by atoms with Crippen molar-refractivity contribution in [3.05, 3.63) is 0 Å². The maximum atomic E-state index is 6.00. The predicted octanol–water partition coefficient (Wildman–Crippen LogP) is 3.43. The highest BCUT2D eigenvalue weighted by Crippen LogP contribution is 2.54. The topological polar surface area (TPSA) is 24.5 Å². The van der Waals surface area contributed by atoms with Crippen LogP contribution in [0.1, 0.15) is 66.7 Å². The fourth-order valence-electron chi connectivity index (χ4n) is 4.65. The van der Waals surface area contributed by atoms with Crippen molar-refractivity contribution in [2.45, 2.75) is 91.0 Å². The first kappa shape index (κ1) is 17.2. The second-order valence-corrected chi connectivity index (χ2v) is 7.55. The quantitative estimate of drug-likeness (QED) is 0.742. The molecule has 2 fully saturated rings. The van der Waals surface area contributed by atoms with Crippen molar-refractivity contribution in [3.63, 3.8) is 0 Å². The fraction of sp³-hybridized carbons (Fsp3) is 1.00. The number of ether oxygens (including phenoxy) is 1. The number of hydrogen-bond donors (Lipinski definition) is 1. The van der Waals surface area contributed by atoms with E-state index in [4.69, 9.17) is 4.74 Å². The van der Waals surface area contributed by atoms with Gasteiger partial charge in [0.15, 0.2) is 0 Å². The molecule has 0 aromatic heterocycles. The Kier molecular flexibility index (Phi) is 6.10. The van der Waals surface area contributed by atoms with Crippen LogP contribution in [0.5, 0.6) is 0 Å². The molecule has 2 aliphatic carbocycles. The lowest BCUT2D eigenvalue weighted by Gasteiger charge is -2.54. The molecule has 2 aliphatic rings. The zero-order valence-electron chi connectivity index (χ0n) is 14.8. The third kappa shape index (κ3) is 3.62. The molecule has 124 valence electrons. The van der Waals surface area contributed by atoms with E-state index in [1.54, 1.807) is 0 Å². The highest BCUT2D eigenvalue weighted by molar-refractivity contribution is 5.10. The van der Waals surface area contributed by atoms with Crippen LogP contribution in [-0.4, -0.2) is 48.8 Å². The summed E-state index contributed by atoms with van der Waals surface area (Å²) in [6.45, 7) is 14.5. The van der Waals surface area contributed by atoms with Crippen LogP contribution in [0.25, 0.3) is 0 Å². The van der Waals surface area contributed by atoms with E-state index in [-0.39, 0.29) is 0 Å². The second kappa shape index (κ2) is 7.43. The van der Waals surface area contributed by atoms with Gasteiger partial charge in [0.2, 0.25) is 0 Å². The van der Waals surface area contributed by atoms with E-state index in [1.165, 1.54) is 32.1 Å². The Morgan fingerprint density at radius 1 is 1.14 bits per heavy atom. The molecule has 21 heavy (non-hydrogen) atoms.